The van der Waals surface area contributed by atoms with Crippen LogP contribution in [0.3, 0.4) is 0 Å². The van der Waals surface area contributed by atoms with Gasteiger partial charge in [0.15, 0.2) is 0 Å². The van der Waals surface area contributed by atoms with Crippen LogP contribution in [0, 0.1) is 5.92 Å². The van der Waals surface area contributed by atoms with Crippen molar-refractivity contribution in [2.45, 2.75) is 69.1 Å². The zero-order chi connectivity index (χ0) is 29.3. The SMILES string of the molecule is COc1ccc(CN2CCCC23CCN(C(=O)OC(C(F)(F)F)C(F)(F)F)CC3)c(N2CCC(C(=O)O)CC2)c1. The lowest BCUT2D eigenvalue weighted by molar-refractivity contribution is -0.308. The number of anilines is 1. The fourth-order valence-electron chi connectivity index (χ4n) is 6.08. The highest BCUT2D eigenvalue weighted by Gasteiger charge is 2.60. The fourth-order valence-corrected chi connectivity index (χ4v) is 6.08. The van der Waals surface area contributed by atoms with E-state index >= 15 is 0 Å². The highest BCUT2D eigenvalue weighted by atomic mass is 19.4. The summed E-state index contributed by atoms with van der Waals surface area (Å²) >= 11 is 0. The van der Waals surface area contributed by atoms with Crippen molar-refractivity contribution in [2.75, 3.05) is 44.7 Å². The molecule has 1 aromatic rings. The molecule has 3 aliphatic rings. The van der Waals surface area contributed by atoms with Gasteiger partial charge in [0, 0.05) is 50.0 Å². The van der Waals surface area contributed by atoms with Crippen molar-refractivity contribution in [1.29, 1.82) is 0 Å². The van der Waals surface area contributed by atoms with Crippen molar-refractivity contribution in [3.63, 3.8) is 0 Å². The first-order valence-electron chi connectivity index (χ1n) is 13.2. The molecule has 40 heavy (non-hydrogen) atoms. The van der Waals surface area contributed by atoms with Crippen molar-refractivity contribution in [1.82, 2.24) is 9.80 Å². The van der Waals surface area contributed by atoms with Crippen molar-refractivity contribution < 1.29 is 50.5 Å². The van der Waals surface area contributed by atoms with Gasteiger partial charge in [0.2, 0.25) is 0 Å². The molecule has 1 aromatic carbocycles. The lowest BCUT2D eigenvalue weighted by Gasteiger charge is -2.45. The molecule has 1 amide bonds. The number of piperidine rings is 2. The normalized spacial score (nSPS) is 20.8. The van der Waals surface area contributed by atoms with Gasteiger partial charge in [0.05, 0.1) is 13.0 Å². The first kappa shape index (κ1) is 30.1. The van der Waals surface area contributed by atoms with E-state index in [0.29, 0.717) is 51.1 Å². The molecule has 1 N–H and O–H groups in total. The number of hydrogen-bond donors (Lipinski definition) is 1. The van der Waals surface area contributed by atoms with Gasteiger partial charge in [0.1, 0.15) is 5.75 Å². The highest BCUT2D eigenvalue weighted by molar-refractivity contribution is 5.70. The summed E-state index contributed by atoms with van der Waals surface area (Å²) in [6.07, 6.45) is -13.8. The minimum Gasteiger partial charge on any atom is -0.497 e. The van der Waals surface area contributed by atoms with Crippen LogP contribution >= 0.6 is 0 Å². The third kappa shape index (κ3) is 6.52. The topological polar surface area (TPSA) is 82.6 Å². The lowest BCUT2D eigenvalue weighted by atomic mass is 9.84. The second kappa shape index (κ2) is 11.5. The Morgan fingerprint density at radius 1 is 1.00 bits per heavy atom. The number of methoxy groups -OCH3 is 1. The minimum atomic E-state index is -5.76. The molecule has 0 aliphatic carbocycles. The molecular weight excluding hydrogens is 548 g/mol. The number of carboxylic acids is 1. The monoisotopic (exact) mass is 581 g/mol. The quantitative estimate of drug-likeness (QED) is 0.471. The van der Waals surface area contributed by atoms with Crippen LogP contribution in [0.25, 0.3) is 0 Å². The van der Waals surface area contributed by atoms with Crippen LogP contribution in [0.4, 0.5) is 36.8 Å². The van der Waals surface area contributed by atoms with Gasteiger partial charge < -0.3 is 24.4 Å². The number of benzene rings is 1. The predicted octanol–water partition coefficient (Wildman–Crippen LogP) is 5.06. The number of alkyl halides is 6. The molecule has 1 spiro atoms. The third-order valence-electron chi connectivity index (χ3n) is 8.35. The summed E-state index contributed by atoms with van der Waals surface area (Å²) in [4.78, 5) is 29.0. The van der Waals surface area contributed by atoms with E-state index in [1.165, 1.54) is 0 Å². The number of ether oxygens (including phenoxy) is 2. The number of carboxylic acid groups (broad SMARTS) is 1. The van der Waals surface area contributed by atoms with E-state index < -0.39 is 30.5 Å². The Morgan fingerprint density at radius 2 is 1.62 bits per heavy atom. The average Bonchev–Trinajstić information content (AvgIpc) is 3.27. The van der Waals surface area contributed by atoms with Gasteiger partial charge in [-0.2, -0.15) is 26.3 Å². The number of aliphatic carboxylic acids is 1. The molecule has 3 heterocycles. The van der Waals surface area contributed by atoms with Crippen LogP contribution in [0.15, 0.2) is 18.2 Å². The number of likely N-dealkylation sites (tertiary alicyclic amines) is 2. The average molecular weight is 582 g/mol. The predicted molar refractivity (Wildman–Crippen MR) is 131 cm³/mol. The molecule has 14 heteroatoms. The van der Waals surface area contributed by atoms with Crippen LogP contribution in [-0.2, 0) is 16.1 Å². The summed E-state index contributed by atoms with van der Waals surface area (Å²) < 4.78 is 86.4. The van der Waals surface area contributed by atoms with Crippen molar-refractivity contribution >= 4 is 17.7 Å². The Kier molecular flexibility index (Phi) is 8.67. The summed E-state index contributed by atoms with van der Waals surface area (Å²) in [6, 6.07) is 5.74. The van der Waals surface area contributed by atoms with Gasteiger partial charge in [-0.3, -0.25) is 9.69 Å². The number of carbonyl (C=O) groups is 2. The fraction of sp³-hybridized carbons (Fsp3) is 0.692. The van der Waals surface area contributed by atoms with E-state index in [1.54, 1.807) is 7.11 Å². The molecule has 4 rings (SSSR count). The molecule has 3 aliphatic heterocycles. The van der Waals surface area contributed by atoms with E-state index in [0.717, 1.165) is 35.5 Å². The molecule has 0 radical (unpaired) electrons. The van der Waals surface area contributed by atoms with Crippen LogP contribution in [0.5, 0.6) is 5.75 Å². The highest BCUT2D eigenvalue weighted by Crippen LogP contribution is 2.42. The van der Waals surface area contributed by atoms with E-state index in [9.17, 15) is 41.0 Å². The molecule has 3 saturated heterocycles. The standard InChI is InChI=1S/C26H33F6N3O5/c1-39-19-4-3-18(20(15-19)33-11-5-17(6-12-33)21(36)37)16-35-10-2-7-24(35)8-13-34(14-9-24)23(38)40-22(25(27,28)29)26(30,31)32/h3-4,15,17,22H,2,5-14,16H2,1H3,(H,36,37). The minimum absolute atomic E-state index is 0.0179. The summed E-state index contributed by atoms with van der Waals surface area (Å²) in [5.41, 5.74) is 1.60. The van der Waals surface area contributed by atoms with E-state index in [2.05, 4.69) is 14.5 Å². The second-order valence-electron chi connectivity index (χ2n) is 10.7. The number of nitrogens with zero attached hydrogens (tertiary/aromatic N) is 3. The van der Waals surface area contributed by atoms with E-state index in [-0.39, 0.29) is 24.5 Å². The Balaban J connectivity index is 1.44. The molecule has 0 atom stereocenters. The number of hydrogen-bond acceptors (Lipinski definition) is 6. The Morgan fingerprint density at radius 3 is 2.17 bits per heavy atom. The van der Waals surface area contributed by atoms with Crippen LogP contribution in [0.1, 0.15) is 44.1 Å². The largest absolute Gasteiger partial charge is 0.497 e. The Bertz CT molecular complexity index is 1050. The van der Waals surface area contributed by atoms with E-state index in [4.69, 9.17) is 4.74 Å². The lowest BCUT2D eigenvalue weighted by Crippen LogP contribution is -2.54. The van der Waals surface area contributed by atoms with Crippen LogP contribution < -0.4 is 9.64 Å². The molecule has 0 unspecified atom stereocenters. The van der Waals surface area contributed by atoms with Crippen LogP contribution in [0.2, 0.25) is 0 Å². The maximum atomic E-state index is 12.9. The van der Waals surface area contributed by atoms with E-state index in [1.807, 2.05) is 18.2 Å². The van der Waals surface area contributed by atoms with Gasteiger partial charge in [-0.1, -0.05) is 6.07 Å². The number of amides is 1. The first-order chi connectivity index (χ1) is 18.7. The number of halogens is 6. The molecular formula is C26H33F6N3O5. The van der Waals surface area contributed by atoms with Gasteiger partial charge >= 0.3 is 24.4 Å². The second-order valence-corrected chi connectivity index (χ2v) is 10.7. The van der Waals surface area contributed by atoms with Gasteiger partial charge in [-0.05, 0) is 56.7 Å². The Hall–Kier alpha value is -2.90. The van der Waals surface area contributed by atoms with Crippen molar-refractivity contribution in [3.05, 3.63) is 23.8 Å². The summed E-state index contributed by atoms with van der Waals surface area (Å²) in [7, 11) is 1.56. The van der Waals surface area contributed by atoms with Crippen molar-refractivity contribution in [3.8, 4) is 5.75 Å². The summed E-state index contributed by atoms with van der Waals surface area (Å²) in [5.74, 6) is -0.517. The zero-order valence-corrected chi connectivity index (χ0v) is 22.1. The Labute approximate surface area is 227 Å². The molecule has 224 valence electrons. The first-order valence-corrected chi connectivity index (χ1v) is 13.2. The maximum absolute atomic E-state index is 12.9. The molecule has 8 nitrogen and oxygen atoms in total. The molecule has 3 fully saturated rings. The smallest absolute Gasteiger partial charge is 0.434 e. The number of carbonyl (C=O) groups excluding carboxylic acids is 1. The van der Waals surface area contributed by atoms with Crippen LogP contribution in [-0.4, -0.2) is 90.8 Å². The number of rotatable bonds is 6. The summed E-state index contributed by atoms with van der Waals surface area (Å²) in [5, 5.41) is 9.35. The maximum Gasteiger partial charge on any atom is 0.434 e. The van der Waals surface area contributed by atoms with Gasteiger partial charge in [-0.25, -0.2) is 4.79 Å². The third-order valence-corrected chi connectivity index (χ3v) is 8.35. The zero-order valence-electron chi connectivity index (χ0n) is 22.1. The molecule has 0 aromatic heterocycles. The summed E-state index contributed by atoms with van der Waals surface area (Å²) in [6.45, 7) is 2.42. The van der Waals surface area contributed by atoms with Gasteiger partial charge in [-0.15, -0.1) is 0 Å². The van der Waals surface area contributed by atoms with Gasteiger partial charge in [0.25, 0.3) is 6.10 Å². The molecule has 0 bridgehead atoms. The molecule has 0 saturated carbocycles. The van der Waals surface area contributed by atoms with Crippen molar-refractivity contribution in [2.24, 2.45) is 5.92 Å².